The first kappa shape index (κ1) is 18.2. The Hall–Kier alpha value is 1.29. The molecule has 0 aliphatic heterocycles. The SMILES string of the molecule is [Br][Ni][Br].[NH-]CC[NH-].[NH-]CC[NH-]. The van der Waals surface area contributed by atoms with Crippen LogP contribution in [0.5, 0.6) is 0 Å². The van der Waals surface area contributed by atoms with Gasteiger partial charge in [0, 0.05) is 0 Å². The van der Waals surface area contributed by atoms with Gasteiger partial charge in [-0.15, -0.1) is 0 Å². The van der Waals surface area contributed by atoms with Crippen molar-refractivity contribution in [2.24, 2.45) is 0 Å². The monoisotopic (exact) mass is 332 g/mol. The molecule has 0 aliphatic rings. The van der Waals surface area contributed by atoms with E-state index >= 15 is 0 Å². The van der Waals surface area contributed by atoms with Crippen molar-refractivity contribution in [2.45, 2.75) is 0 Å². The zero-order valence-corrected chi connectivity index (χ0v) is 10.1. The van der Waals surface area contributed by atoms with Crippen LogP contribution in [0.1, 0.15) is 0 Å². The first-order valence-corrected chi connectivity index (χ1v) is 7.54. The van der Waals surface area contributed by atoms with E-state index in [1.807, 2.05) is 0 Å². The smallest absolute Gasteiger partial charge is 0.171 e. The average molecular weight is 335 g/mol. The summed E-state index contributed by atoms with van der Waals surface area (Å²) in [6.07, 6.45) is 0. The van der Waals surface area contributed by atoms with Crippen LogP contribution in [0.25, 0.3) is 22.9 Å². The fourth-order valence-corrected chi connectivity index (χ4v) is 0. The van der Waals surface area contributed by atoms with E-state index < -0.39 is 0 Å². The van der Waals surface area contributed by atoms with Gasteiger partial charge in [-0.2, -0.15) is 26.2 Å². The second kappa shape index (κ2) is 30.2. The number of nitrogens with one attached hydrogen (secondary N) is 4. The van der Waals surface area contributed by atoms with Gasteiger partial charge in [-0.25, -0.2) is 0 Å². The van der Waals surface area contributed by atoms with E-state index in [-0.39, 0.29) is 26.2 Å². The van der Waals surface area contributed by atoms with Gasteiger partial charge in [-0.3, -0.25) is 0 Å². The van der Waals surface area contributed by atoms with Gasteiger partial charge >= 0.3 is 39.3 Å². The molecular formula is C4H12Br2N4Ni-4. The maximum absolute atomic E-state index is 6.26. The van der Waals surface area contributed by atoms with E-state index in [0.717, 1.165) is 0 Å². The third kappa shape index (κ3) is 89.9. The van der Waals surface area contributed by atoms with Crippen molar-refractivity contribution < 1.29 is 10.9 Å². The van der Waals surface area contributed by atoms with Gasteiger partial charge in [0.25, 0.3) is 0 Å². The number of halogens is 2. The molecular weight excluding hydrogens is 323 g/mol. The molecule has 0 unspecified atom stereocenters. The summed E-state index contributed by atoms with van der Waals surface area (Å²) in [5.41, 5.74) is 25.1. The summed E-state index contributed by atoms with van der Waals surface area (Å²) in [7, 11) is 1.25. The molecule has 4 N–H and O–H groups in total. The van der Waals surface area contributed by atoms with E-state index in [9.17, 15) is 0 Å². The van der Waals surface area contributed by atoms with Crippen molar-refractivity contribution in [1.82, 2.24) is 0 Å². The van der Waals surface area contributed by atoms with Crippen molar-refractivity contribution >= 4 is 28.5 Å². The molecule has 0 aliphatic carbocycles. The largest absolute Gasteiger partial charge is 0.679 e. The number of rotatable bonds is 2. The molecule has 0 aromatic rings. The van der Waals surface area contributed by atoms with E-state index in [4.69, 9.17) is 22.9 Å². The van der Waals surface area contributed by atoms with Crippen LogP contribution in [-0.2, 0) is 10.9 Å². The first-order chi connectivity index (χ1) is 5.24. The molecule has 0 radical (unpaired) electrons. The van der Waals surface area contributed by atoms with Crippen molar-refractivity contribution in [2.75, 3.05) is 26.2 Å². The molecule has 0 aromatic heterocycles. The third-order valence-corrected chi connectivity index (χ3v) is 0.250. The quantitative estimate of drug-likeness (QED) is 0.685. The summed E-state index contributed by atoms with van der Waals surface area (Å²) in [6.45, 7) is 0.944. The first-order valence-electron chi connectivity index (χ1n) is 2.65. The van der Waals surface area contributed by atoms with Crippen molar-refractivity contribution in [1.29, 1.82) is 0 Å². The summed E-state index contributed by atoms with van der Waals surface area (Å²) in [6, 6.07) is 0. The Morgan fingerprint density at radius 3 is 0.818 bits per heavy atom. The average Bonchev–Trinajstić information content (AvgIpc) is 2.06. The van der Waals surface area contributed by atoms with Gasteiger partial charge in [0.05, 0.1) is 0 Å². The standard InChI is InChI=1S/2C2H6N2.2BrH.Ni/c2*3-1-2-4;;;/h2*3-4H,1-2H2;2*1H;/q2*-2;;;+2/p-2. The molecule has 0 fully saturated rings. The Balaban J connectivity index is -0.0000000886. The van der Waals surface area contributed by atoms with Crippen LogP contribution in [-0.4, -0.2) is 26.2 Å². The number of hydrogen-bond donors (Lipinski definition) is 0. The second-order valence-electron chi connectivity index (χ2n) is 1.05. The molecule has 0 spiro atoms. The molecule has 0 aromatic carbocycles. The van der Waals surface area contributed by atoms with Crippen LogP contribution in [0.4, 0.5) is 0 Å². The fraction of sp³-hybridized carbons (Fsp3) is 1.00. The van der Waals surface area contributed by atoms with Crippen LogP contribution >= 0.6 is 28.5 Å². The Bertz CT molecular complexity index is 35.3. The summed E-state index contributed by atoms with van der Waals surface area (Å²) in [4.78, 5) is 0. The molecule has 0 heterocycles. The predicted molar refractivity (Wildman–Crippen MR) is 54.6 cm³/mol. The summed E-state index contributed by atoms with van der Waals surface area (Å²) in [5.74, 6) is 0. The van der Waals surface area contributed by atoms with Crippen LogP contribution in [0, 0.1) is 0 Å². The minimum absolute atomic E-state index is 0.236. The van der Waals surface area contributed by atoms with Crippen molar-refractivity contribution in [3.05, 3.63) is 22.9 Å². The Labute approximate surface area is 88.2 Å². The van der Waals surface area contributed by atoms with Crippen LogP contribution < -0.4 is 0 Å². The molecule has 76 valence electrons. The predicted octanol–water partition coefficient (Wildman–Crippen LogP) is 3.87. The molecule has 0 bridgehead atoms. The van der Waals surface area contributed by atoms with Crippen LogP contribution in [0.15, 0.2) is 0 Å². The maximum Gasteiger partial charge on any atom is -0.171 e. The molecule has 0 rings (SSSR count). The minimum Gasteiger partial charge on any atom is -0.679 e. The summed E-state index contributed by atoms with van der Waals surface area (Å²) in [5, 5.41) is 0. The third-order valence-electron chi connectivity index (χ3n) is 0.250. The Morgan fingerprint density at radius 2 is 0.818 bits per heavy atom. The fourth-order valence-electron chi connectivity index (χ4n) is 0. The van der Waals surface area contributed by atoms with Gasteiger partial charge in [0.1, 0.15) is 0 Å². The van der Waals surface area contributed by atoms with Crippen molar-refractivity contribution in [3.8, 4) is 0 Å². The van der Waals surface area contributed by atoms with Gasteiger partial charge in [0.2, 0.25) is 0 Å². The Morgan fingerprint density at radius 1 is 0.727 bits per heavy atom. The van der Waals surface area contributed by atoms with E-state index in [1.165, 1.54) is 10.9 Å². The normalized spacial score (nSPS) is 7.45. The zero-order valence-electron chi connectivity index (χ0n) is 5.90. The number of hydrogen-bond acceptors (Lipinski definition) is 0. The van der Waals surface area contributed by atoms with E-state index in [0.29, 0.717) is 0 Å². The van der Waals surface area contributed by atoms with E-state index in [1.54, 1.807) is 0 Å². The van der Waals surface area contributed by atoms with Crippen LogP contribution in [0.3, 0.4) is 0 Å². The topological polar surface area (TPSA) is 95.2 Å². The molecule has 4 nitrogen and oxygen atoms in total. The van der Waals surface area contributed by atoms with Crippen molar-refractivity contribution in [3.63, 3.8) is 0 Å². The molecule has 0 atom stereocenters. The minimum atomic E-state index is 0.236. The second-order valence-corrected chi connectivity index (χ2v) is 6.03. The maximum atomic E-state index is 6.26. The van der Waals surface area contributed by atoms with Gasteiger partial charge < -0.3 is 22.9 Å². The molecule has 7 heteroatoms. The zero-order chi connectivity index (χ0) is 9.54. The van der Waals surface area contributed by atoms with Gasteiger partial charge in [0.15, 0.2) is 0 Å². The molecule has 0 amide bonds. The summed E-state index contributed by atoms with van der Waals surface area (Å²) < 4.78 is 0. The van der Waals surface area contributed by atoms with Crippen LogP contribution in [0.2, 0.25) is 0 Å². The Kier molecular flexibility index (Phi) is 49.9. The molecule has 0 saturated carbocycles. The molecule has 0 saturated heterocycles. The summed E-state index contributed by atoms with van der Waals surface area (Å²) >= 11 is 6.00. The van der Waals surface area contributed by atoms with E-state index in [2.05, 4.69) is 28.5 Å². The van der Waals surface area contributed by atoms with Gasteiger partial charge in [-0.05, 0) is 0 Å². The molecule has 11 heavy (non-hydrogen) atoms. The van der Waals surface area contributed by atoms with Gasteiger partial charge in [-0.1, -0.05) is 0 Å².